The maximum absolute atomic E-state index is 12.4. The molecule has 0 saturated heterocycles. The molecule has 0 unspecified atom stereocenters. The molecule has 7 heteroatoms. The minimum absolute atomic E-state index is 0.155. The highest BCUT2D eigenvalue weighted by molar-refractivity contribution is 6.31. The van der Waals surface area contributed by atoms with E-state index in [4.69, 9.17) is 11.6 Å². The van der Waals surface area contributed by atoms with E-state index < -0.39 is 12.7 Å². The van der Waals surface area contributed by atoms with Gasteiger partial charge in [-0.15, -0.1) is 0 Å². The third kappa shape index (κ3) is 5.66. The largest absolute Gasteiger partial charge is 0.401 e. The summed E-state index contributed by atoms with van der Waals surface area (Å²) < 4.78 is 37.3. The summed E-state index contributed by atoms with van der Waals surface area (Å²) in [6.07, 6.45) is -1.26. The Hall–Kier alpha value is -0.850. The molecular weight excluding hydrogens is 267 g/mol. The first-order valence-corrected chi connectivity index (χ1v) is 5.82. The number of pyridine rings is 1. The molecular formula is C11H15ClF3N3. The average molecular weight is 282 g/mol. The molecule has 0 amide bonds. The molecule has 1 aromatic heterocycles. The normalized spacial score (nSPS) is 12.1. The Balaban J connectivity index is 2.69. The monoisotopic (exact) mass is 281 g/mol. The summed E-state index contributed by atoms with van der Waals surface area (Å²) in [5.41, 5.74) is 0.645. The van der Waals surface area contributed by atoms with Crippen LogP contribution in [0.15, 0.2) is 18.5 Å². The first-order valence-electron chi connectivity index (χ1n) is 5.44. The van der Waals surface area contributed by atoms with Gasteiger partial charge >= 0.3 is 6.18 Å². The summed E-state index contributed by atoms with van der Waals surface area (Å²) in [6, 6.07) is 1.63. The molecule has 0 aliphatic heterocycles. The lowest BCUT2D eigenvalue weighted by molar-refractivity contribution is -0.146. The standard InChI is InChI=1S/C11H15ClF3N3/c1-16-4-5-18(8-11(13,14)15)7-9-2-3-17-6-10(9)12/h2-3,6,16H,4-5,7-8H2,1H3. The fourth-order valence-electron chi connectivity index (χ4n) is 1.51. The smallest absolute Gasteiger partial charge is 0.318 e. The van der Waals surface area contributed by atoms with E-state index in [1.807, 2.05) is 0 Å². The number of nitrogens with one attached hydrogen (secondary N) is 1. The molecule has 0 aromatic carbocycles. The number of alkyl halides is 3. The van der Waals surface area contributed by atoms with Crippen molar-refractivity contribution in [2.45, 2.75) is 12.7 Å². The Labute approximate surface area is 109 Å². The van der Waals surface area contributed by atoms with Crippen LogP contribution < -0.4 is 5.32 Å². The number of hydrogen-bond acceptors (Lipinski definition) is 3. The first-order chi connectivity index (χ1) is 8.42. The number of halogens is 4. The van der Waals surface area contributed by atoms with E-state index in [1.54, 1.807) is 13.1 Å². The number of aromatic nitrogens is 1. The Bertz CT molecular complexity index is 371. The molecule has 3 nitrogen and oxygen atoms in total. The van der Waals surface area contributed by atoms with E-state index in [2.05, 4.69) is 10.3 Å². The lowest BCUT2D eigenvalue weighted by atomic mass is 10.2. The molecule has 0 atom stereocenters. The van der Waals surface area contributed by atoms with Crippen molar-refractivity contribution in [3.05, 3.63) is 29.0 Å². The predicted molar refractivity (Wildman–Crippen MR) is 64.5 cm³/mol. The van der Waals surface area contributed by atoms with Crippen molar-refractivity contribution in [1.82, 2.24) is 15.2 Å². The van der Waals surface area contributed by atoms with Gasteiger partial charge in [-0.1, -0.05) is 11.6 Å². The molecule has 0 aliphatic carbocycles. The van der Waals surface area contributed by atoms with E-state index in [0.29, 0.717) is 23.7 Å². The predicted octanol–water partition coefficient (Wildman–Crippen LogP) is 2.32. The van der Waals surface area contributed by atoms with Gasteiger partial charge in [-0.3, -0.25) is 9.88 Å². The lowest BCUT2D eigenvalue weighted by Crippen LogP contribution is -2.37. The van der Waals surface area contributed by atoms with Crippen LogP contribution in [-0.2, 0) is 6.54 Å². The van der Waals surface area contributed by atoms with Crippen LogP contribution in [0, 0.1) is 0 Å². The second-order valence-corrected chi connectivity index (χ2v) is 4.30. The van der Waals surface area contributed by atoms with Crippen LogP contribution in [0.5, 0.6) is 0 Å². The molecule has 0 aliphatic rings. The van der Waals surface area contributed by atoms with Gasteiger partial charge in [0, 0.05) is 32.0 Å². The van der Waals surface area contributed by atoms with Crippen molar-refractivity contribution in [3.8, 4) is 0 Å². The number of rotatable bonds is 6. The highest BCUT2D eigenvalue weighted by Gasteiger charge is 2.30. The SMILES string of the molecule is CNCCN(Cc1ccncc1Cl)CC(F)(F)F. The molecule has 0 fully saturated rings. The van der Waals surface area contributed by atoms with Crippen molar-refractivity contribution in [2.75, 3.05) is 26.7 Å². The summed E-state index contributed by atoms with van der Waals surface area (Å²) in [5, 5.41) is 3.21. The first kappa shape index (κ1) is 15.2. The number of nitrogens with zero attached hydrogens (tertiary/aromatic N) is 2. The molecule has 1 heterocycles. The Morgan fingerprint density at radius 1 is 1.44 bits per heavy atom. The highest BCUT2D eigenvalue weighted by atomic mass is 35.5. The Kier molecular flexibility index (Phi) is 5.84. The summed E-state index contributed by atoms with van der Waals surface area (Å²) in [6.45, 7) is -0.0106. The van der Waals surface area contributed by atoms with E-state index >= 15 is 0 Å². The second-order valence-electron chi connectivity index (χ2n) is 3.90. The molecule has 0 saturated carbocycles. The van der Waals surface area contributed by atoms with Gasteiger partial charge in [-0.2, -0.15) is 13.2 Å². The quantitative estimate of drug-likeness (QED) is 0.867. The minimum atomic E-state index is -4.22. The zero-order valence-corrected chi connectivity index (χ0v) is 10.7. The van der Waals surface area contributed by atoms with Crippen LogP contribution in [0.2, 0.25) is 5.02 Å². The van der Waals surface area contributed by atoms with Crippen molar-refractivity contribution >= 4 is 11.6 Å². The number of hydrogen-bond donors (Lipinski definition) is 1. The minimum Gasteiger partial charge on any atom is -0.318 e. The highest BCUT2D eigenvalue weighted by Crippen LogP contribution is 2.20. The zero-order valence-electron chi connectivity index (χ0n) is 9.97. The van der Waals surface area contributed by atoms with Crippen LogP contribution in [0.3, 0.4) is 0 Å². The summed E-state index contributed by atoms with van der Waals surface area (Å²) in [7, 11) is 1.70. The molecule has 1 rings (SSSR count). The van der Waals surface area contributed by atoms with E-state index in [0.717, 1.165) is 0 Å². The van der Waals surface area contributed by atoms with Gasteiger partial charge in [0.15, 0.2) is 0 Å². The topological polar surface area (TPSA) is 28.2 Å². The fraction of sp³-hybridized carbons (Fsp3) is 0.545. The van der Waals surface area contributed by atoms with Crippen LogP contribution in [0.25, 0.3) is 0 Å². The zero-order chi connectivity index (χ0) is 13.6. The summed E-state index contributed by atoms with van der Waals surface area (Å²) >= 11 is 5.89. The molecule has 0 bridgehead atoms. The molecule has 1 N–H and O–H groups in total. The maximum Gasteiger partial charge on any atom is 0.401 e. The molecule has 102 valence electrons. The van der Waals surface area contributed by atoms with Gasteiger partial charge in [0.1, 0.15) is 0 Å². The van der Waals surface area contributed by atoms with Gasteiger partial charge in [-0.05, 0) is 18.7 Å². The van der Waals surface area contributed by atoms with Crippen molar-refractivity contribution in [2.24, 2.45) is 0 Å². The van der Waals surface area contributed by atoms with E-state index in [1.165, 1.54) is 17.3 Å². The van der Waals surface area contributed by atoms with Gasteiger partial charge in [0.25, 0.3) is 0 Å². The third-order valence-electron chi connectivity index (χ3n) is 2.33. The maximum atomic E-state index is 12.4. The molecule has 18 heavy (non-hydrogen) atoms. The van der Waals surface area contributed by atoms with Gasteiger partial charge in [-0.25, -0.2) is 0 Å². The van der Waals surface area contributed by atoms with Crippen LogP contribution in [0.4, 0.5) is 13.2 Å². The fourth-order valence-corrected chi connectivity index (χ4v) is 1.69. The van der Waals surface area contributed by atoms with E-state index in [-0.39, 0.29) is 6.54 Å². The summed E-state index contributed by atoms with van der Waals surface area (Å²) in [4.78, 5) is 5.11. The Morgan fingerprint density at radius 3 is 2.72 bits per heavy atom. The lowest BCUT2D eigenvalue weighted by Gasteiger charge is -2.23. The van der Waals surface area contributed by atoms with Gasteiger partial charge < -0.3 is 5.32 Å². The Morgan fingerprint density at radius 2 is 2.17 bits per heavy atom. The molecule has 1 aromatic rings. The van der Waals surface area contributed by atoms with E-state index in [9.17, 15) is 13.2 Å². The van der Waals surface area contributed by atoms with Crippen LogP contribution >= 0.6 is 11.6 Å². The average Bonchev–Trinajstić information content (AvgIpc) is 2.27. The summed E-state index contributed by atoms with van der Waals surface area (Å²) in [5.74, 6) is 0. The van der Waals surface area contributed by atoms with Crippen LogP contribution in [0.1, 0.15) is 5.56 Å². The van der Waals surface area contributed by atoms with Crippen LogP contribution in [-0.4, -0.2) is 42.7 Å². The van der Waals surface area contributed by atoms with Crippen molar-refractivity contribution < 1.29 is 13.2 Å². The second kappa shape index (κ2) is 6.92. The van der Waals surface area contributed by atoms with Crippen molar-refractivity contribution in [1.29, 1.82) is 0 Å². The van der Waals surface area contributed by atoms with Crippen molar-refractivity contribution in [3.63, 3.8) is 0 Å². The third-order valence-corrected chi connectivity index (χ3v) is 2.67. The molecule has 0 radical (unpaired) electrons. The molecule has 0 spiro atoms. The number of likely N-dealkylation sites (N-methyl/N-ethyl adjacent to an activating group) is 1. The van der Waals surface area contributed by atoms with Gasteiger partial charge in [0.05, 0.1) is 11.6 Å². The van der Waals surface area contributed by atoms with Gasteiger partial charge in [0.2, 0.25) is 0 Å².